The van der Waals surface area contributed by atoms with Gasteiger partial charge >= 0.3 is 0 Å². The van der Waals surface area contributed by atoms with Gasteiger partial charge in [0.05, 0.1) is 0 Å². The molecule has 1 aliphatic heterocycles. The summed E-state index contributed by atoms with van der Waals surface area (Å²) in [5.74, 6) is 0.973. The number of rotatable bonds is 12. The molecule has 1 atom stereocenters. The van der Waals surface area contributed by atoms with E-state index in [9.17, 15) is 0 Å². The lowest BCUT2D eigenvalue weighted by Crippen LogP contribution is -2.34. The van der Waals surface area contributed by atoms with Gasteiger partial charge in [0.15, 0.2) is 7.28 Å². The van der Waals surface area contributed by atoms with E-state index in [0.29, 0.717) is 11.8 Å². The van der Waals surface area contributed by atoms with Crippen molar-refractivity contribution in [2.24, 2.45) is 11.3 Å². The number of allylic oxidation sites excluding steroid dienone is 12. The molecule has 0 bridgehead atoms. The monoisotopic (exact) mass is 963 g/mol. The molecule has 2 nitrogen and oxygen atoms in total. The zero-order valence-corrected chi connectivity index (χ0v) is 48.7. The van der Waals surface area contributed by atoms with Crippen molar-refractivity contribution in [2.75, 3.05) is 5.32 Å². The molecule has 384 valence electrons. The second-order valence-corrected chi connectivity index (χ2v) is 26.4. The maximum Gasteiger partial charge on any atom is 0.196 e. The second kappa shape index (κ2) is 21.2. The molecule has 4 aliphatic rings. The van der Waals surface area contributed by atoms with Crippen molar-refractivity contribution in [3.63, 3.8) is 0 Å². The van der Waals surface area contributed by atoms with E-state index in [1.54, 1.807) is 0 Å². The Bertz CT molecular complexity index is 2780. The first-order chi connectivity index (χ1) is 33.7. The molecule has 0 saturated carbocycles. The molecule has 0 radical (unpaired) electrons. The summed E-state index contributed by atoms with van der Waals surface area (Å²) in [5, 5.41) is 4.07. The molecule has 1 saturated heterocycles. The minimum Gasteiger partial charge on any atom is -0.355 e. The van der Waals surface area contributed by atoms with Crippen molar-refractivity contribution in [1.82, 2.24) is 4.90 Å². The first-order valence-corrected chi connectivity index (χ1v) is 28.2. The third kappa shape index (κ3) is 11.6. The average Bonchev–Trinajstić information content (AvgIpc) is 3.30. The molecular weight excluding hydrogens is 868 g/mol. The van der Waals surface area contributed by atoms with Gasteiger partial charge in [0, 0.05) is 28.5 Å². The summed E-state index contributed by atoms with van der Waals surface area (Å²) in [7, 11) is 0.837. The Morgan fingerprint density at radius 3 is 1.99 bits per heavy atom. The molecule has 1 N–H and O–H groups in total. The van der Waals surface area contributed by atoms with Crippen LogP contribution in [0, 0.1) is 11.3 Å². The van der Waals surface area contributed by atoms with E-state index in [-0.39, 0.29) is 27.1 Å². The smallest absolute Gasteiger partial charge is 0.196 e. The van der Waals surface area contributed by atoms with Crippen LogP contribution >= 0.6 is 0 Å². The van der Waals surface area contributed by atoms with Crippen LogP contribution in [0.1, 0.15) is 221 Å². The lowest BCUT2D eigenvalue weighted by molar-refractivity contribution is 0.331. The van der Waals surface area contributed by atoms with Gasteiger partial charge in [0.1, 0.15) is 0 Å². The number of nitrogens with zero attached hydrogens (tertiary/aromatic N) is 1. The normalized spacial score (nSPS) is 24.6. The summed E-state index contributed by atoms with van der Waals surface area (Å²) in [4.78, 5) is 2.65. The Labute approximate surface area is 441 Å². The van der Waals surface area contributed by atoms with Crippen molar-refractivity contribution in [2.45, 2.75) is 216 Å². The summed E-state index contributed by atoms with van der Waals surface area (Å²) in [6.07, 6.45) is 25.7. The molecule has 3 aromatic rings. The highest BCUT2D eigenvalue weighted by Crippen LogP contribution is 2.50. The number of anilines is 2. The van der Waals surface area contributed by atoms with Gasteiger partial charge < -0.3 is 10.2 Å². The summed E-state index contributed by atoms with van der Waals surface area (Å²) < 4.78 is 0. The van der Waals surface area contributed by atoms with Gasteiger partial charge in [-0.3, -0.25) is 0 Å². The second-order valence-electron chi connectivity index (χ2n) is 26.4. The van der Waals surface area contributed by atoms with E-state index in [2.05, 4.69) is 226 Å². The first kappa shape index (κ1) is 55.0. The SMILES string of the molecule is C=C1BC(=C/CC)/C(=C(/C)Cc2ccccc2C(C)CC)N(C2=C/CCC(C)(C)C(=C\C(C)C)/C=C\2C)/C1=C/C(C)=C\Cc1cc2c(cc1Nc1ccc3c(c1)C(C)(C)CCC3(C)C)C(C)(C)CCC2(C)C. The van der Waals surface area contributed by atoms with E-state index in [0.717, 1.165) is 45.8 Å². The molecule has 0 spiro atoms. The highest BCUT2D eigenvalue weighted by atomic mass is 15.2. The molecule has 1 heterocycles. The van der Waals surface area contributed by atoms with Crippen molar-refractivity contribution in [1.29, 1.82) is 0 Å². The van der Waals surface area contributed by atoms with Crippen molar-refractivity contribution >= 4 is 18.7 Å². The summed E-state index contributed by atoms with van der Waals surface area (Å²) in [5.41, 5.74) is 25.1. The van der Waals surface area contributed by atoms with Gasteiger partial charge in [0.2, 0.25) is 0 Å². The molecule has 3 aromatic carbocycles. The highest BCUT2D eigenvalue weighted by molar-refractivity contribution is 6.57. The number of hydrogen-bond acceptors (Lipinski definition) is 2. The van der Waals surface area contributed by atoms with Crippen LogP contribution in [0.25, 0.3) is 0 Å². The Kier molecular flexibility index (Phi) is 16.2. The van der Waals surface area contributed by atoms with Gasteiger partial charge in [-0.15, -0.1) is 6.58 Å². The van der Waals surface area contributed by atoms with E-state index in [1.807, 2.05) is 0 Å². The molecular formula is C69H95BN2. The van der Waals surface area contributed by atoms with Crippen LogP contribution in [0.4, 0.5) is 11.4 Å². The molecule has 72 heavy (non-hydrogen) atoms. The largest absolute Gasteiger partial charge is 0.355 e. The zero-order valence-electron chi connectivity index (χ0n) is 48.7. The Balaban J connectivity index is 1.39. The molecule has 3 aliphatic carbocycles. The van der Waals surface area contributed by atoms with Crippen molar-refractivity contribution in [3.05, 3.63) is 187 Å². The van der Waals surface area contributed by atoms with Crippen LogP contribution in [-0.4, -0.2) is 12.2 Å². The maximum atomic E-state index is 4.93. The van der Waals surface area contributed by atoms with Gasteiger partial charge in [-0.05, 0) is 204 Å². The Morgan fingerprint density at radius 1 is 0.750 bits per heavy atom. The Hall–Kier alpha value is -4.76. The van der Waals surface area contributed by atoms with Gasteiger partial charge in [-0.1, -0.05) is 187 Å². The van der Waals surface area contributed by atoms with Crippen molar-refractivity contribution < 1.29 is 0 Å². The molecule has 3 heteroatoms. The van der Waals surface area contributed by atoms with Crippen LogP contribution in [-0.2, 0) is 34.5 Å². The third-order valence-electron chi connectivity index (χ3n) is 17.7. The standard InChI is InChI=1S/C69H95BN2/c1-20-25-60-64(49(8)40-51-26-22-23-27-55(51)47(6)21-2)72(62-28-24-33-65(10,11)53(38-45(3)4)41-48(62)7)63(50(9)70-60)39-46(5)29-30-52-42-57-59(69(18,19)37-36-67(57,14)15)44-61(52)71-54-31-32-56-58(43-54)68(16,17)35-34-66(56,12)13/h22-23,25-29,31-32,38-39,41-45,47,70-71H,9,20-21,24,30,33-37,40H2,1-8,10-19H3/b46-29-,48-41-,53-38-,60-25+,62-28+,63-39+,64-49+. The van der Waals surface area contributed by atoms with Crippen LogP contribution in [0.3, 0.4) is 0 Å². The third-order valence-corrected chi connectivity index (χ3v) is 17.7. The molecule has 7 rings (SSSR count). The lowest BCUT2D eigenvalue weighted by atomic mass is 9.56. The average molecular weight is 963 g/mol. The number of nitrogens with one attached hydrogen (secondary N) is 1. The van der Waals surface area contributed by atoms with Gasteiger partial charge in [0.25, 0.3) is 0 Å². The first-order valence-electron chi connectivity index (χ1n) is 28.2. The van der Waals surface area contributed by atoms with Gasteiger partial charge in [-0.2, -0.15) is 0 Å². The molecule has 1 fully saturated rings. The zero-order chi connectivity index (χ0) is 52.7. The van der Waals surface area contributed by atoms with E-state index >= 15 is 0 Å². The van der Waals surface area contributed by atoms with E-state index < -0.39 is 0 Å². The predicted octanol–water partition coefficient (Wildman–Crippen LogP) is 19.3. The van der Waals surface area contributed by atoms with Crippen LogP contribution in [0.5, 0.6) is 0 Å². The summed E-state index contributed by atoms with van der Waals surface area (Å²) in [6, 6.07) is 21.5. The fourth-order valence-corrected chi connectivity index (χ4v) is 12.5. The summed E-state index contributed by atoms with van der Waals surface area (Å²) >= 11 is 0. The minimum atomic E-state index is 0.0847. The highest BCUT2D eigenvalue weighted by Gasteiger charge is 2.40. The topological polar surface area (TPSA) is 15.3 Å². The lowest BCUT2D eigenvalue weighted by Gasteiger charge is -2.43. The Morgan fingerprint density at radius 2 is 1.36 bits per heavy atom. The number of benzene rings is 3. The van der Waals surface area contributed by atoms with Crippen LogP contribution in [0.2, 0.25) is 0 Å². The van der Waals surface area contributed by atoms with Crippen molar-refractivity contribution in [3.8, 4) is 0 Å². The number of fused-ring (bicyclic) bond motifs is 2. The van der Waals surface area contributed by atoms with E-state index in [4.69, 9.17) is 6.58 Å². The number of hydrogen-bond donors (Lipinski definition) is 1. The minimum absolute atomic E-state index is 0.0847. The van der Waals surface area contributed by atoms with Gasteiger partial charge in [-0.25, -0.2) is 0 Å². The van der Waals surface area contributed by atoms with Crippen LogP contribution in [0.15, 0.2) is 148 Å². The fraction of sp³-hybridized carbons (Fsp3) is 0.507. The quantitative estimate of drug-likeness (QED) is 0.182. The molecule has 0 amide bonds. The fourth-order valence-electron chi connectivity index (χ4n) is 12.5. The molecule has 1 unspecified atom stereocenters. The maximum absolute atomic E-state index is 4.93. The summed E-state index contributed by atoms with van der Waals surface area (Å²) in [6.45, 7) is 48.0. The molecule has 0 aromatic heterocycles. The predicted molar refractivity (Wildman–Crippen MR) is 318 cm³/mol. The van der Waals surface area contributed by atoms with Crippen LogP contribution < -0.4 is 5.32 Å². The van der Waals surface area contributed by atoms with E-state index in [1.165, 1.54) is 126 Å².